The van der Waals surface area contributed by atoms with Gasteiger partial charge in [-0.05, 0) is 18.2 Å². The number of ether oxygens (including phenoxy) is 1. The molecule has 2 nitrogen and oxygen atoms in total. The highest BCUT2D eigenvalue weighted by Gasteiger charge is 2.25. The Balaban J connectivity index is 2.51. The van der Waals surface area contributed by atoms with Gasteiger partial charge in [0.1, 0.15) is 11.6 Å². The summed E-state index contributed by atoms with van der Waals surface area (Å²) in [4.78, 5) is 11.5. The van der Waals surface area contributed by atoms with Crippen LogP contribution in [0.5, 0.6) is 5.75 Å². The fourth-order valence-corrected chi connectivity index (χ4v) is 1.38. The Bertz CT molecular complexity index is 360. The van der Waals surface area contributed by atoms with Gasteiger partial charge in [0.15, 0.2) is 5.78 Å². The minimum atomic E-state index is -0.398. The molecule has 0 aliphatic carbocycles. The number of hydrogen-bond acceptors (Lipinski definition) is 2. The van der Waals surface area contributed by atoms with Crippen molar-refractivity contribution >= 4 is 5.78 Å². The van der Waals surface area contributed by atoms with E-state index in [2.05, 4.69) is 0 Å². The van der Waals surface area contributed by atoms with Crippen LogP contribution in [0.3, 0.4) is 0 Å². The normalized spacial score (nSPS) is 20.8. The molecule has 2 rings (SSSR count). The first-order chi connectivity index (χ1) is 6.18. The van der Waals surface area contributed by atoms with Gasteiger partial charge in [-0.15, -0.1) is 0 Å². The van der Waals surface area contributed by atoms with Crippen LogP contribution in [-0.2, 0) is 0 Å². The number of rotatable bonds is 0. The van der Waals surface area contributed by atoms with E-state index in [1.54, 1.807) is 6.92 Å². The number of halogens is 1. The molecule has 0 aromatic heterocycles. The molecule has 1 aromatic rings. The van der Waals surface area contributed by atoms with Gasteiger partial charge in [0.05, 0.1) is 18.1 Å². The minimum Gasteiger partial charge on any atom is -0.492 e. The van der Waals surface area contributed by atoms with E-state index >= 15 is 0 Å². The second-order valence-electron chi connectivity index (χ2n) is 3.22. The van der Waals surface area contributed by atoms with E-state index in [1.165, 1.54) is 18.2 Å². The molecule has 3 heteroatoms. The Morgan fingerprint density at radius 1 is 1.54 bits per heavy atom. The fraction of sp³-hybridized carbons (Fsp3) is 0.300. The Labute approximate surface area is 75.3 Å². The van der Waals surface area contributed by atoms with E-state index in [9.17, 15) is 9.18 Å². The van der Waals surface area contributed by atoms with E-state index in [-0.39, 0.29) is 11.7 Å². The number of fused-ring (bicyclic) bond motifs is 1. The van der Waals surface area contributed by atoms with Crippen molar-refractivity contribution in [2.24, 2.45) is 5.92 Å². The zero-order chi connectivity index (χ0) is 9.42. The third kappa shape index (κ3) is 1.30. The number of benzene rings is 1. The topological polar surface area (TPSA) is 26.3 Å². The number of ketones is 1. The van der Waals surface area contributed by atoms with Gasteiger partial charge >= 0.3 is 0 Å². The van der Waals surface area contributed by atoms with Crippen LogP contribution in [0.15, 0.2) is 18.2 Å². The Morgan fingerprint density at radius 3 is 3.08 bits per heavy atom. The highest BCUT2D eigenvalue weighted by atomic mass is 19.1. The summed E-state index contributed by atoms with van der Waals surface area (Å²) in [5.41, 5.74) is 0.360. The van der Waals surface area contributed by atoms with Gasteiger partial charge in [-0.25, -0.2) is 4.39 Å². The molecule has 0 saturated heterocycles. The molecule has 1 aliphatic rings. The molecular formula is C10H9FO2. The zero-order valence-corrected chi connectivity index (χ0v) is 7.21. The maximum absolute atomic E-state index is 12.8. The third-order valence-electron chi connectivity index (χ3n) is 2.14. The molecule has 0 saturated carbocycles. The van der Waals surface area contributed by atoms with Crippen molar-refractivity contribution < 1.29 is 13.9 Å². The van der Waals surface area contributed by atoms with Crippen LogP contribution in [0, 0.1) is 11.7 Å². The molecule has 0 unspecified atom stereocenters. The second kappa shape index (κ2) is 2.83. The third-order valence-corrected chi connectivity index (χ3v) is 2.14. The highest BCUT2D eigenvalue weighted by molar-refractivity contribution is 6.01. The SMILES string of the molecule is C[C@H]1COc2ccc(F)cc2C1=O. The summed E-state index contributed by atoms with van der Waals surface area (Å²) in [7, 11) is 0. The monoisotopic (exact) mass is 180 g/mol. The largest absolute Gasteiger partial charge is 0.492 e. The van der Waals surface area contributed by atoms with Gasteiger partial charge < -0.3 is 4.74 Å². The van der Waals surface area contributed by atoms with Crippen LogP contribution >= 0.6 is 0 Å². The highest BCUT2D eigenvalue weighted by Crippen LogP contribution is 2.27. The molecule has 1 atom stereocenters. The van der Waals surface area contributed by atoms with Gasteiger partial charge in [-0.3, -0.25) is 4.79 Å². The van der Waals surface area contributed by atoms with Gasteiger partial charge in [-0.2, -0.15) is 0 Å². The standard InChI is InChI=1S/C10H9FO2/c1-6-5-13-9-3-2-7(11)4-8(9)10(6)12/h2-4,6H,5H2,1H3/t6-/m0/s1. The molecule has 13 heavy (non-hydrogen) atoms. The van der Waals surface area contributed by atoms with E-state index < -0.39 is 5.82 Å². The van der Waals surface area contributed by atoms with Gasteiger partial charge in [-0.1, -0.05) is 6.92 Å². The molecule has 68 valence electrons. The summed E-state index contributed by atoms with van der Waals surface area (Å²) in [5, 5.41) is 0. The average Bonchev–Trinajstić information content (AvgIpc) is 2.12. The summed E-state index contributed by atoms with van der Waals surface area (Å²) in [6, 6.07) is 4.02. The van der Waals surface area contributed by atoms with Crippen molar-refractivity contribution in [1.82, 2.24) is 0 Å². The summed E-state index contributed by atoms with van der Waals surface area (Å²) in [5.74, 6) is -0.121. The second-order valence-corrected chi connectivity index (χ2v) is 3.22. The van der Waals surface area contributed by atoms with E-state index in [0.29, 0.717) is 17.9 Å². The van der Waals surface area contributed by atoms with Crippen molar-refractivity contribution in [3.8, 4) is 5.75 Å². The van der Waals surface area contributed by atoms with Gasteiger partial charge in [0.25, 0.3) is 0 Å². The molecule has 0 bridgehead atoms. The maximum atomic E-state index is 12.8. The number of carbonyl (C=O) groups is 1. The van der Waals surface area contributed by atoms with E-state index in [0.717, 1.165) is 0 Å². The smallest absolute Gasteiger partial charge is 0.172 e. The molecular weight excluding hydrogens is 171 g/mol. The maximum Gasteiger partial charge on any atom is 0.172 e. The summed E-state index contributed by atoms with van der Waals surface area (Å²) in [6.45, 7) is 2.16. The predicted molar refractivity (Wildman–Crippen MR) is 45.4 cm³/mol. The van der Waals surface area contributed by atoms with Crippen molar-refractivity contribution in [2.45, 2.75) is 6.92 Å². The van der Waals surface area contributed by atoms with E-state index in [1.807, 2.05) is 0 Å². The lowest BCUT2D eigenvalue weighted by molar-refractivity contribution is 0.0848. The van der Waals surface area contributed by atoms with Crippen LogP contribution in [-0.4, -0.2) is 12.4 Å². The van der Waals surface area contributed by atoms with Crippen molar-refractivity contribution in [1.29, 1.82) is 0 Å². The van der Waals surface area contributed by atoms with Crippen LogP contribution < -0.4 is 4.74 Å². The molecule has 1 aromatic carbocycles. The Kier molecular flexibility index (Phi) is 1.79. The van der Waals surface area contributed by atoms with E-state index in [4.69, 9.17) is 4.74 Å². The lowest BCUT2D eigenvalue weighted by Crippen LogP contribution is -2.25. The molecule has 0 amide bonds. The number of Topliss-reactive ketones (excluding diaryl/α,β-unsaturated/α-hetero) is 1. The first-order valence-electron chi connectivity index (χ1n) is 4.15. The number of carbonyl (C=O) groups excluding carboxylic acids is 1. The molecule has 1 aliphatic heterocycles. The van der Waals surface area contributed by atoms with Crippen molar-refractivity contribution in [2.75, 3.05) is 6.61 Å². The molecule has 0 fully saturated rings. The minimum absolute atomic E-state index is 0.0410. The lowest BCUT2D eigenvalue weighted by Gasteiger charge is -2.20. The van der Waals surface area contributed by atoms with Crippen molar-refractivity contribution in [3.05, 3.63) is 29.6 Å². The first kappa shape index (κ1) is 8.23. The molecule has 1 heterocycles. The van der Waals surface area contributed by atoms with Crippen LogP contribution in [0.4, 0.5) is 4.39 Å². The van der Waals surface area contributed by atoms with Gasteiger partial charge in [0.2, 0.25) is 0 Å². The van der Waals surface area contributed by atoms with Crippen LogP contribution in [0.2, 0.25) is 0 Å². The quantitative estimate of drug-likeness (QED) is 0.610. The Hall–Kier alpha value is -1.38. The summed E-state index contributed by atoms with van der Waals surface area (Å²) in [6.07, 6.45) is 0. The predicted octanol–water partition coefficient (Wildman–Crippen LogP) is 2.04. The number of hydrogen-bond donors (Lipinski definition) is 0. The molecule has 0 N–H and O–H groups in total. The summed E-state index contributed by atoms with van der Waals surface area (Å²) < 4.78 is 18.1. The molecule has 0 radical (unpaired) electrons. The first-order valence-corrected chi connectivity index (χ1v) is 4.15. The average molecular weight is 180 g/mol. The summed E-state index contributed by atoms with van der Waals surface area (Å²) >= 11 is 0. The van der Waals surface area contributed by atoms with Gasteiger partial charge in [0, 0.05) is 0 Å². The lowest BCUT2D eigenvalue weighted by atomic mass is 9.97. The Morgan fingerprint density at radius 2 is 2.31 bits per heavy atom. The van der Waals surface area contributed by atoms with Crippen molar-refractivity contribution in [3.63, 3.8) is 0 Å². The van der Waals surface area contributed by atoms with Crippen LogP contribution in [0.25, 0.3) is 0 Å². The fourth-order valence-electron chi connectivity index (χ4n) is 1.38. The molecule has 0 spiro atoms. The zero-order valence-electron chi connectivity index (χ0n) is 7.21. The van der Waals surface area contributed by atoms with Crippen LogP contribution in [0.1, 0.15) is 17.3 Å².